The quantitative estimate of drug-likeness (QED) is 0.219. The van der Waals surface area contributed by atoms with E-state index in [0.717, 1.165) is 19.3 Å². The first-order chi connectivity index (χ1) is 13.9. The Morgan fingerprint density at radius 3 is 2.41 bits per heavy atom. The molecule has 29 heavy (non-hydrogen) atoms. The van der Waals surface area contributed by atoms with Crippen molar-refractivity contribution in [3.63, 3.8) is 0 Å². The molecule has 2 aromatic carbocycles. The minimum absolute atomic E-state index is 0.0288. The van der Waals surface area contributed by atoms with E-state index in [1.807, 2.05) is 0 Å². The highest BCUT2D eigenvalue weighted by molar-refractivity contribution is 5.97. The van der Waals surface area contributed by atoms with E-state index in [-0.39, 0.29) is 16.9 Å². The number of esters is 2. The summed E-state index contributed by atoms with van der Waals surface area (Å²) >= 11 is 0. The lowest BCUT2D eigenvalue weighted by molar-refractivity contribution is -0.481. The van der Waals surface area contributed by atoms with Crippen LogP contribution in [0.3, 0.4) is 0 Å². The van der Waals surface area contributed by atoms with Gasteiger partial charge >= 0.3 is 11.9 Å². The van der Waals surface area contributed by atoms with E-state index in [1.54, 1.807) is 12.1 Å². The van der Waals surface area contributed by atoms with Crippen LogP contribution in [-0.4, -0.2) is 37.6 Å². The third-order valence-corrected chi connectivity index (χ3v) is 3.92. The molecule has 2 aromatic rings. The Morgan fingerprint density at radius 1 is 1.14 bits per heavy atom. The highest BCUT2D eigenvalue weighted by Crippen LogP contribution is 2.25. The smallest absolute Gasteiger partial charge is 0.373 e. The molecule has 0 saturated carbocycles. The molecule has 8 nitrogen and oxygen atoms in total. The van der Waals surface area contributed by atoms with Crippen molar-refractivity contribution in [1.29, 1.82) is 0 Å². The van der Waals surface area contributed by atoms with Gasteiger partial charge < -0.3 is 14.2 Å². The number of carbonyl (C=O) groups excluding carboxylic acids is 2. The first-order valence-corrected chi connectivity index (χ1v) is 8.39. The fourth-order valence-corrected chi connectivity index (χ4v) is 2.57. The van der Waals surface area contributed by atoms with E-state index in [9.17, 15) is 24.1 Å². The van der Waals surface area contributed by atoms with Crippen molar-refractivity contribution >= 4 is 11.9 Å². The summed E-state index contributed by atoms with van der Waals surface area (Å²) in [5.41, 5.74) is 0.000430. The van der Waals surface area contributed by atoms with Gasteiger partial charge in [0.15, 0.2) is 0 Å². The van der Waals surface area contributed by atoms with Gasteiger partial charge in [-0.05, 0) is 24.3 Å². The highest BCUT2D eigenvalue weighted by Gasteiger charge is 2.26. The van der Waals surface area contributed by atoms with Crippen LogP contribution in [0.4, 0.5) is 4.39 Å². The van der Waals surface area contributed by atoms with Crippen LogP contribution in [0.1, 0.15) is 21.8 Å². The molecule has 0 aliphatic heterocycles. The largest absolute Gasteiger partial charge is 0.496 e. The van der Waals surface area contributed by atoms with Crippen LogP contribution in [0.2, 0.25) is 0 Å². The van der Waals surface area contributed by atoms with Crippen LogP contribution >= 0.6 is 0 Å². The normalized spacial score (nSPS) is 12.0. The molecule has 0 heterocycles. The van der Waals surface area contributed by atoms with Gasteiger partial charge in [-0.2, -0.15) is 0 Å². The van der Waals surface area contributed by atoms with Gasteiger partial charge in [0.2, 0.25) is 12.3 Å². The molecule has 0 spiro atoms. The lowest BCUT2D eigenvalue weighted by Crippen LogP contribution is -2.18. The van der Waals surface area contributed by atoms with Gasteiger partial charge in [0.05, 0.1) is 20.1 Å². The third kappa shape index (κ3) is 5.61. The second kappa shape index (κ2) is 9.98. The lowest BCUT2D eigenvalue weighted by atomic mass is 9.97. The molecule has 152 valence electrons. The molecule has 0 amide bonds. The SMILES string of the molecule is COC(=O)/C(=C/[C@@H](C[N+](=O)[O-])c1ccccc1F)OC(=O)c1ccccc1OC. The van der Waals surface area contributed by atoms with Crippen LogP contribution in [0, 0.1) is 15.9 Å². The lowest BCUT2D eigenvalue weighted by Gasteiger charge is -2.13. The summed E-state index contributed by atoms with van der Waals surface area (Å²) < 4.78 is 29.0. The molecule has 1 atom stereocenters. The second-order valence-corrected chi connectivity index (χ2v) is 5.76. The number of benzene rings is 2. The van der Waals surface area contributed by atoms with E-state index in [1.165, 1.54) is 37.4 Å². The standard InChI is InChI=1S/C20H18FNO7/c1-27-17-10-6-4-8-15(17)19(23)29-18(20(24)28-2)11-13(12-22(25)26)14-7-3-5-9-16(14)21/h3-11,13H,12H2,1-2H3/b18-11-/t13-/m0/s1. The molecule has 0 aromatic heterocycles. The van der Waals surface area contributed by atoms with Crippen molar-refractivity contribution in [2.24, 2.45) is 0 Å². The maximum atomic E-state index is 14.2. The van der Waals surface area contributed by atoms with Crippen molar-refractivity contribution in [3.8, 4) is 5.75 Å². The zero-order valence-corrected chi connectivity index (χ0v) is 15.7. The Balaban J connectivity index is 2.44. The van der Waals surface area contributed by atoms with Crippen LogP contribution in [0.5, 0.6) is 5.75 Å². The number of nitro groups is 1. The van der Waals surface area contributed by atoms with Crippen molar-refractivity contribution < 1.29 is 33.1 Å². The Labute approximate surface area is 165 Å². The molecule has 0 radical (unpaired) electrons. The van der Waals surface area contributed by atoms with E-state index < -0.39 is 40.9 Å². The van der Waals surface area contributed by atoms with Crippen LogP contribution in [0.25, 0.3) is 0 Å². The van der Waals surface area contributed by atoms with Gasteiger partial charge in [0.1, 0.15) is 17.1 Å². The van der Waals surface area contributed by atoms with Crippen LogP contribution in [0.15, 0.2) is 60.4 Å². The molecular weight excluding hydrogens is 385 g/mol. The summed E-state index contributed by atoms with van der Waals surface area (Å²) in [7, 11) is 2.41. The van der Waals surface area contributed by atoms with E-state index >= 15 is 0 Å². The number of ether oxygens (including phenoxy) is 3. The molecule has 0 fully saturated rings. The monoisotopic (exact) mass is 403 g/mol. The Kier molecular flexibility index (Phi) is 7.41. The van der Waals surface area contributed by atoms with Crippen molar-refractivity contribution in [3.05, 3.63) is 87.4 Å². The van der Waals surface area contributed by atoms with Crippen LogP contribution in [-0.2, 0) is 14.3 Å². The minimum Gasteiger partial charge on any atom is -0.496 e. The minimum atomic E-state index is -1.18. The Hall–Kier alpha value is -3.75. The molecule has 9 heteroatoms. The average molecular weight is 403 g/mol. The van der Waals surface area contributed by atoms with Gasteiger partial charge in [0.25, 0.3) is 0 Å². The summed E-state index contributed by atoms with van der Waals surface area (Å²) in [5.74, 6) is -4.25. The fourth-order valence-electron chi connectivity index (χ4n) is 2.57. The highest BCUT2D eigenvalue weighted by atomic mass is 19.1. The Bertz CT molecular complexity index is 942. The van der Waals surface area contributed by atoms with Gasteiger partial charge in [0, 0.05) is 10.5 Å². The summed E-state index contributed by atoms with van der Waals surface area (Å²) in [6, 6.07) is 11.5. The molecule has 2 rings (SSSR count). The maximum absolute atomic E-state index is 14.2. The number of para-hydroxylation sites is 1. The molecule has 0 saturated heterocycles. The van der Waals surface area contributed by atoms with Gasteiger partial charge in [-0.15, -0.1) is 0 Å². The first kappa shape index (κ1) is 21.5. The molecule has 0 unspecified atom stereocenters. The second-order valence-electron chi connectivity index (χ2n) is 5.76. The first-order valence-electron chi connectivity index (χ1n) is 8.39. The number of methoxy groups -OCH3 is 2. The number of halogens is 1. The molecule has 0 bridgehead atoms. The third-order valence-electron chi connectivity index (χ3n) is 3.92. The van der Waals surface area contributed by atoms with E-state index in [4.69, 9.17) is 9.47 Å². The predicted molar refractivity (Wildman–Crippen MR) is 99.5 cm³/mol. The number of rotatable bonds is 8. The van der Waals surface area contributed by atoms with E-state index in [0.29, 0.717) is 0 Å². The molecular formula is C20H18FNO7. The topological polar surface area (TPSA) is 105 Å². The molecule has 0 N–H and O–H groups in total. The fraction of sp³-hybridized carbons (Fsp3) is 0.200. The number of hydrogen-bond acceptors (Lipinski definition) is 7. The molecule has 0 aliphatic rings. The summed E-state index contributed by atoms with van der Waals surface area (Å²) in [5, 5.41) is 11.1. The van der Waals surface area contributed by atoms with Crippen LogP contribution < -0.4 is 4.74 Å². The van der Waals surface area contributed by atoms with Gasteiger partial charge in [-0.3, -0.25) is 10.1 Å². The van der Waals surface area contributed by atoms with Crippen molar-refractivity contribution in [2.75, 3.05) is 20.8 Å². The zero-order valence-electron chi connectivity index (χ0n) is 15.7. The van der Waals surface area contributed by atoms with Crippen molar-refractivity contribution in [2.45, 2.75) is 5.92 Å². The maximum Gasteiger partial charge on any atom is 0.373 e. The predicted octanol–water partition coefficient (Wildman–Crippen LogP) is 3.11. The summed E-state index contributed by atoms with van der Waals surface area (Å²) in [4.78, 5) is 35.0. The summed E-state index contributed by atoms with van der Waals surface area (Å²) in [6.07, 6.45) is 1.00. The van der Waals surface area contributed by atoms with Crippen molar-refractivity contribution in [1.82, 2.24) is 0 Å². The summed E-state index contributed by atoms with van der Waals surface area (Å²) in [6.45, 7) is -0.729. The Morgan fingerprint density at radius 2 is 1.79 bits per heavy atom. The van der Waals surface area contributed by atoms with E-state index in [2.05, 4.69) is 4.74 Å². The number of hydrogen-bond donors (Lipinski definition) is 0. The zero-order chi connectivity index (χ0) is 21.4. The number of nitrogens with zero attached hydrogens (tertiary/aromatic N) is 1. The van der Waals surface area contributed by atoms with Gasteiger partial charge in [-0.25, -0.2) is 14.0 Å². The molecule has 0 aliphatic carbocycles. The average Bonchev–Trinajstić information content (AvgIpc) is 2.72. The van der Waals surface area contributed by atoms with Gasteiger partial charge in [-0.1, -0.05) is 30.3 Å². The number of carbonyl (C=O) groups is 2.